The van der Waals surface area contributed by atoms with E-state index in [1.54, 1.807) is 0 Å². The molecule has 1 fully saturated rings. The second-order valence-electron chi connectivity index (χ2n) is 6.24. The Balaban J connectivity index is 1.64. The van der Waals surface area contributed by atoms with E-state index in [0.29, 0.717) is 5.75 Å². The zero-order chi connectivity index (χ0) is 24.6. The smallest absolute Gasteiger partial charge is 0.334 e. The molecule has 1 aromatic carbocycles. The van der Waals surface area contributed by atoms with Crippen molar-refractivity contribution >= 4 is 61.1 Å². The molecule has 0 aliphatic carbocycles. The molecule has 1 heterocycles. The van der Waals surface area contributed by atoms with Crippen molar-refractivity contribution in [1.82, 2.24) is 10.4 Å². The molecule has 1 aliphatic rings. The molecule has 3 N–H and O–H groups in total. The number of hydroxylamine groups is 2. The largest absolute Gasteiger partial charge is 0.507 e. The van der Waals surface area contributed by atoms with Gasteiger partial charge < -0.3 is 15.3 Å². The Morgan fingerprint density at radius 2 is 2.00 bits per heavy atom. The zero-order valence-corrected chi connectivity index (χ0v) is 19.1. The number of phenols is 1. The Kier molecular flexibility index (Phi) is 9.36. The van der Waals surface area contributed by atoms with Gasteiger partial charge in [0.15, 0.2) is 5.25 Å². The number of carbonyl (C=O) groups is 4. The van der Waals surface area contributed by atoms with Gasteiger partial charge in [0.2, 0.25) is 0 Å². The van der Waals surface area contributed by atoms with E-state index in [9.17, 15) is 32.7 Å². The number of phenolic OH excluding ortho intramolecular Hbond substituents is 1. The van der Waals surface area contributed by atoms with Crippen LogP contribution in [0.4, 0.5) is 5.69 Å². The average molecular weight is 520 g/mol. The molecule has 1 saturated heterocycles. The summed E-state index contributed by atoms with van der Waals surface area (Å²) in [6.45, 7) is 0.242. The van der Waals surface area contributed by atoms with Crippen molar-refractivity contribution in [3.8, 4) is 5.75 Å². The molecule has 0 radical (unpaired) electrons. The predicted molar refractivity (Wildman–Crippen MR) is 117 cm³/mol. The first-order valence-corrected chi connectivity index (χ1v) is 13.0. The molecule has 17 heteroatoms. The molecule has 0 saturated carbocycles. The molecule has 1 aliphatic heterocycles. The van der Waals surface area contributed by atoms with Crippen LogP contribution < -0.4 is 5.32 Å². The van der Waals surface area contributed by atoms with Crippen molar-refractivity contribution < 1.29 is 42.1 Å². The molecule has 3 amide bonds. The van der Waals surface area contributed by atoms with Crippen molar-refractivity contribution in [2.75, 3.05) is 18.1 Å². The van der Waals surface area contributed by atoms with Crippen LogP contribution in [0.15, 0.2) is 23.3 Å². The first-order chi connectivity index (χ1) is 15.5. The van der Waals surface area contributed by atoms with Crippen LogP contribution in [0.3, 0.4) is 0 Å². The maximum atomic E-state index is 12.1. The number of azide groups is 1. The van der Waals surface area contributed by atoms with Gasteiger partial charge >= 0.3 is 5.97 Å². The summed E-state index contributed by atoms with van der Waals surface area (Å²) in [6, 6.07) is 3.85. The molecular formula is C16H17N5O9S3. The van der Waals surface area contributed by atoms with Gasteiger partial charge in [-0.3, -0.25) is 18.9 Å². The second-order valence-corrected chi connectivity index (χ2v) is 10.5. The van der Waals surface area contributed by atoms with Crippen LogP contribution in [0.1, 0.15) is 23.2 Å². The minimum atomic E-state index is -4.79. The van der Waals surface area contributed by atoms with E-state index in [2.05, 4.69) is 20.2 Å². The number of amides is 3. The fourth-order valence-corrected chi connectivity index (χ4v) is 5.01. The number of rotatable bonds is 11. The number of imide groups is 1. The molecular weight excluding hydrogens is 502 g/mol. The van der Waals surface area contributed by atoms with E-state index in [0.717, 1.165) is 6.07 Å². The molecule has 1 aromatic rings. The van der Waals surface area contributed by atoms with Crippen LogP contribution >= 0.6 is 21.6 Å². The highest BCUT2D eigenvalue weighted by Gasteiger charge is 2.48. The Morgan fingerprint density at radius 1 is 1.30 bits per heavy atom. The van der Waals surface area contributed by atoms with E-state index in [4.69, 9.17) is 10.1 Å². The predicted octanol–water partition coefficient (Wildman–Crippen LogP) is 1.31. The lowest BCUT2D eigenvalue weighted by Crippen LogP contribution is -2.36. The summed E-state index contributed by atoms with van der Waals surface area (Å²) in [4.78, 5) is 54.4. The van der Waals surface area contributed by atoms with E-state index in [-0.39, 0.29) is 40.8 Å². The zero-order valence-electron chi connectivity index (χ0n) is 16.6. The lowest BCUT2D eigenvalue weighted by Gasteiger charge is -2.13. The highest BCUT2D eigenvalue weighted by Crippen LogP contribution is 2.25. The van der Waals surface area contributed by atoms with Crippen LogP contribution in [0, 0.1) is 0 Å². The van der Waals surface area contributed by atoms with Crippen molar-refractivity contribution in [2.24, 2.45) is 5.11 Å². The summed E-state index contributed by atoms with van der Waals surface area (Å²) < 4.78 is 31.0. The third-order valence-corrected chi connectivity index (χ3v) is 7.44. The fourth-order valence-electron chi connectivity index (χ4n) is 2.43. The topological polar surface area (TPSA) is 216 Å². The molecule has 14 nitrogen and oxygen atoms in total. The van der Waals surface area contributed by atoms with E-state index >= 15 is 0 Å². The minimum absolute atomic E-state index is 0.00883. The van der Waals surface area contributed by atoms with Gasteiger partial charge in [-0.15, -0.1) is 5.06 Å². The van der Waals surface area contributed by atoms with Gasteiger partial charge in [0.25, 0.3) is 27.8 Å². The Morgan fingerprint density at radius 3 is 2.61 bits per heavy atom. The fraction of sp³-hybridized carbons (Fsp3) is 0.375. The summed E-state index contributed by atoms with van der Waals surface area (Å²) in [7, 11) is -2.23. The van der Waals surface area contributed by atoms with Crippen molar-refractivity contribution in [3.63, 3.8) is 0 Å². The van der Waals surface area contributed by atoms with Crippen LogP contribution in [-0.2, 0) is 29.3 Å². The van der Waals surface area contributed by atoms with Crippen molar-refractivity contribution in [2.45, 2.75) is 18.1 Å². The van der Waals surface area contributed by atoms with Gasteiger partial charge in [-0.25, -0.2) is 4.79 Å². The summed E-state index contributed by atoms with van der Waals surface area (Å²) in [6.07, 6.45) is -1.000. The Bertz CT molecular complexity index is 1100. The number of nitrogens with zero attached hydrogens (tertiary/aromatic N) is 4. The van der Waals surface area contributed by atoms with Crippen LogP contribution in [0.25, 0.3) is 10.4 Å². The molecule has 178 valence electrons. The maximum Gasteiger partial charge on any atom is 0.334 e. The number of hydrogen-bond acceptors (Lipinski definition) is 11. The lowest BCUT2D eigenvalue weighted by atomic mass is 10.1. The third-order valence-electron chi connectivity index (χ3n) is 3.94. The highest BCUT2D eigenvalue weighted by molar-refractivity contribution is 8.76. The molecule has 2 rings (SSSR count). The minimum Gasteiger partial charge on any atom is -0.507 e. The first-order valence-electron chi connectivity index (χ1n) is 8.99. The molecule has 1 atom stereocenters. The molecule has 0 aromatic heterocycles. The lowest BCUT2D eigenvalue weighted by molar-refractivity contribution is -0.197. The van der Waals surface area contributed by atoms with Crippen LogP contribution in [0.5, 0.6) is 5.75 Å². The van der Waals surface area contributed by atoms with Crippen molar-refractivity contribution in [1.29, 1.82) is 0 Å². The summed E-state index contributed by atoms with van der Waals surface area (Å²) in [5.41, 5.74) is 8.52. The van der Waals surface area contributed by atoms with Crippen molar-refractivity contribution in [3.05, 3.63) is 34.2 Å². The van der Waals surface area contributed by atoms with Gasteiger partial charge in [-0.2, -0.15) is 8.42 Å². The maximum absolute atomic E-state index is 12.1. The summed E-state index contributed by atoms with van der Waals surface area (Å²) in [5.74, 6) is -3.50. The van der Waals surface area contributed by atoms with E-state index in [1.165, 1.54) is 33.7 Å². The van der Waals surface area contributed by atoms with Crippen LogP contribution in [-0.4, -0.2) is 70.1 Å². The van der Waals surface area contributed by atoms with Gasteiger partial charge in [0.1, 0.15) is 5.75 Å². The highest BCUT2D eigenvalue weighted by atomic mass is 33.1. The number of benzene rings is 1. The number of nitrogens with one attached hydrogen (secondary N) is 1. The summed E-state index contributed by atoms with van der Waals surface area (Å²) >= 11 is 0. The second kappa shape index (κ2) is 11.8. The molecule has 0 bridgehead atoms. The molecule has 33 heavy (non-hydrogen) atoms. The van der Waals surface area contributed by atoms with Gasteiger partial charge in [0.05, 0.1) is 18.4 Å². The Hall–Kier alpha value is -2.98. The molecule has 0 spiro atoms. The first kappa shape index (κ1) is 26.3. The van der Waals surface area contributed by atoms with Gasteiger partial charge in [-0.05, 0) is 17.7 Å². The molecule has 0 unspecified atom stereocenters. The SMILES string of the molecule is [N-]=[N+]=Nc1ccc(C(=O)NCCSSCCC(=O)ON2C(=O)C[C@@H](S(=O)(=O)O)C2=O)c(O)c1. The quantitative estimate of drug-likeness (QED) is 0.0720. The normalized spacial score (nSPS) is 15.8. The van der Waals surface area contributed by atoms with E-state index in [1.807, 2.05) is 0 Å². The number of carbonyl (C=O) groups excluding carboxylic acids is 4. The Labute approximate surface area is 194 Å². The van der Waals surface area contributed by atoms with E-state index < -0.39 is 45.5 Å². The number of aromatic hydroxyl groups is 1. The monoisotopic (exact) mass is 519 g/mol. The number of hydrogen-bond donors (Lipinski definition) is 3. The third kappa shape index (κ3) is 7.54. The average Bonchev–Trinajstić information content (AvgIpc) is 3.01. The standard InChI is InChI=1S/C16H17N5O9S3/c17-20-19-9-1-2-10(11(22)7-9)15(25)18-4-6-32-31-5-3-14(24)30-21-13(23)8-12(16(21)26)33(27,28)29/h1-2,7,12,22H,3-6,8H2,(H,18,25)(H,27,28,29)/t12-/m1/s1. The van der Waals surface area contributed by atoms with Crippen LogP contribution in [0.2, 0.25) is 0 Å². The summed E-state index contributed by atoms with van der Waals surface area (Å²) in [5, 5.41) is 13.8. The van der Waals surface area contributed by atoms with Gasteiger partial charge in [-0.1, -0.05) is 32.8 Å². The van der Waals surface area contributed by atoms with Gasteiger partial charge in [0, 0.05) is 28.6 Å².